The van der Waals surface area contributed by atoms with Crippen LogP contribution in [-0.4, -0.2) is 35.0 Å². The molecule has 1 aromatic heterocycles. The van der Waals surface area contributed by atoms with Crippen molar-refractivity contribution in [2.75, 3.05) is 13.2 Å². The minimum Gasteiger partial charge on any atom is -0.463 e. The number of ether oxygens (including phenoxy) is 1. The molecule has 0 radical (unpaired) electrons. The van der Waals surface area contributed by atoms with Crippen molar-refractivity contribution in [3.63, 3.8) is 0 Å². The molecule has 0 saturated carbocycles. The van der Waals surface area contributed by atoms with Gasteiger partial charge in [0.15, 0.2) is 0 Å². The average Bonchev–Trinajstić information content (AvgIpc) is 3.55. The van der Waals surface area contributed by atoms with Gasteiger partial charge in [-0.25, -0.2) is 10.2 Å². The summed E-state index contributed by atoms with van der Waals surface area (Å²) in [6.07, 6.45) is 1.92. The van der Waals surface area contributed by atoms with E-state index in [1.165, 1.54) is 16.0 Å². The van der Waals surface area contributed by atoms with E-state index in [1.807, 2.05) is 85.1 Å². The highest BCUT2D eigenvalue weighted by Crippen LogP contribution is 2.44. The molecular weight excluding hydrogens is 500 g/mol. The third-order valence-corrected chi connectivity index (χ3v) is 7.35. The van der Waals surface area contributed by atoms with Gasteiger partial charge in [-0.3, -0.25) is 10.2 Å². The monoisotopic (exact) mass is 530 g/mol. The lowest BCUT2D eigenvalue weighted by Crippen LogP contribution is -2.48. The third kappa shape index (κ3) is 5.32. The number of H-pyrrole nitrogens is 1. The Balaban J connectivity index is 1.11. The number of benzene rings is 4. The maximum Gasteiger partial charge on any atom is 0.332 e. The lowest BCUT2D eigenvalue weighted by molar-refractivity contribution is -0.144. The zero-order chi connectivity index (χ0) is 27.3. The molecule has 1 heterocycles. The summed E-state index contributed by atoms with van der Waals surface area (Å²) < 4.78 is 5.78. The molecule has 0 saturated heterocycles. The van der Waals surface area contributed by atoms with Crippen molar-refractivity contribution in [2.24, 2.45) is 0 Å². The predicted molar refractivity (Wildman–Crippen MR) is 155 cm³/mol. The number of hydrazine groups is 1. The van der Waals surface area contributed by atoms with Crippen molar-refractivity contribution in [2.45, 2.75) is 19.0 Å². The van der Waals surface area contributed by atoms with Crippen LogP contribution in [0.15, 0.2) is 109 Å². The fraction of sp³-hybridized carbons (Fsp3) is 0.152. The van der Waals surface area contributed by atoms with E-state index in [1.54, 1.807) is 0 Å². The summed E-state index contributed by atoms with van der Waals surface area (Å²) in [5.74, 6) is -0.491. The number of carbonyl (C=O) groups is 2. The molecule has 6 rings (SSSR count). The second-order valence-electron chi connectivity index (χ2n) is 9.89. The Labute approximate surface area is 232 Å². The van der Waals surface area contributed by atoms with Crippen molar-refractivity contribution in [1.29, 1.82) is 0 Å². The molecule has 0 spiro atoms. The lowest BCUT2D eigenvalue weighted by Gasteiger charge is -2.23. The van der Waals surface area contributed by atoms with Crippen molar-refractivity contribution in [1.82, 2.24) is 20.7 Å². The van der Waals surface area contributed by atoms with Crippen LogP contribution in [0.5, 0.6) is 0 Å². The Morgan fingerprint density at radius 2 is 1.45 bits per heavy atom. The molecule has 5 aromatic rings. The van der Waals surface area contributed by atoms with Gasteiger partial charge in [0.2, 0.25) is 0 Å². The molecule has 7 heteroatoms. The summed E-state index contributed by atoms with van der Waals surface area (Å²) in [6.45, 7) is 0.740. The molecule has 2 amide bonds. The predicted octanol–water partition coefficient (Wildman–Crippen LogP) is 5.74. The first kappa shape index (κ1) is 25.4. The number of esters is 1. The van der Waals surface area contributed by atoms with Crippen molar-refractivity contribution in [3.05, 3.63) is 132 Å². The fourth-order valence-corrected chi connectivity index (χ4v) is 5.39. The summed E-state index contributed by atoms with van der Waals surface area (Å²) in [4.78, 5) is 31.0. The second-order valence-corrected chi connectivity index (χ2v) is 9.89. The first-order chi connectivity index (χ1) is 19.7. The molecular formula is C33H30N4O3. The third-order valence-electron chi connectivity index (χ3n) is 7.35. The molecule has 4 aromatic carbocycles. The Bertz CT molecular complexity index is 1600. The largest absolute Gasteiger partial charge is 0.463 e. The Kier molecular flexibility index (Phi) is 7.28. The Hall–Kier alpha value is -4.88. The standard InChI is InChI=1S/C33H30N4O3/c38-32(40-22-30-28-15-6-4-13-26(28)27-14-5-7-16-29(27)30)21-37(20-23-10-2-1-3-11-23)33(39)36-35-19-24-18-34-31-17-9-8-12-25(24)31/h1-18,30,34-35H,19-22H2,(H,36,39). The van der Waals surface area contributed by atoms with Gasteiger partial charge in [-0.2, -0.15) is 0 Å². The number of para-hydroxylation sites is 1. The summed E-state index contributed by atoms with van der Waals surface area (Å²) in [5.41, 5.74) is 13.4. The number of carbonyl (C=O) groups excluding carboxylic acids is 2. The smallest absolute Gasteiger partial charge is 0.332 e. The maximum atomic E-state index is 13.2. The highest BCUT2D eigenvalue weighted by atomic mass is 16.5. The van der Waals surface area contributed by atoms with E-state index >= 15 is 0 Å². The highest BCUT2D eigenvalue weighted by molar-refractivity contribution is 5.83. The quantitative estimate of drug-likeness (QED) is 0.168. The van der Waals surface area contributed by atoms with Gasteiger partial charge in [0, 0.05) is 36.1 Å². The summed E-state index contributed by atoms with van der Waals surface area (Å²) in [6, 6.07) is 33.6. The second kappa shape index (κ2) is 11.5. The number of nitrogens with one attached hydrogen (secondary N) is 3. The van der Waals surface area contributed by atoms with Gasteiger partial charge in [0.25, 0.3) is 0 Å². The zero-order valence-corrected chi connectivity index (χ0v) is 22.0. The van der Waals surface area contributed by atoms with Crippen LogP contribution < -0.4 is 10.9 Å². The molecule has 40 heavy (non-hydrogen) atoms. The van der Waals surface area contributed by atoms with E-state index < -0.39 is 12.0 Å². The van der Waals surface area contributed by atoms with Gasteiger partial charge in [-0.1, -0.05) is 97.1 Å². The van der Waals surface area contributed by atoms with Crippen LogP contribution in [0.3, 0.4) is 0 Å². The molecule has 3 N–H and O–H groups in total. The van der Waals surface area contributed by atoms with E-state index in [0.29, 0.717) is 6.54 Å². The van der Waals surface area contributed by atoms with Crippen LogP contribution in [0.2, 0.25) is 0 Å². The minimum atomic E-state index is -0.454. The van der Waals surface area contributed by atoms with E-state index in [2.05, 4.69) is 40.1 Å². The number of amides is 2. The van der Waals surface area contributed by atoms with Gasteiger partial charge in [-0.05, 0) is 39.4 Å². The molecule has 1 aliphatic rings. The fourth-order valence-electron chi connectivity index (χ4n) is 5.39. The van der Waals surface area contributed by atoms with Gasteiger partial charge < -0.3 is 14.6 Å². The number of hydrogen-bond acceptors (Lipinski definition) is 4. The van der Waals surface area contributed by atoms with E-state index in [4.69, 9.17) is 4.74 Å². The number of aromatic nitrogens is 1. The SMILES string of the molecule is O=C(CN(Cc1ccccc1)C(=O)NNCc1c[nH]c2ccccc12)OCC1c2ccccc2-c2ccccc21. The minimum absolute atomic E-state index is 0.0365. The van der Waals surface area contributed by atoms with Crippen LogP contribution in [0.1, 0.15) is 28.2 Å². The number of aromatic amines is 1. The van der Waals surface area contributed by atoms with Crippen LogP contribution >= 0.6 is 0 Å². The van der Waals surface area contributed by atoms with Crippen LogP contribution in [0, 0.1) is 0 Å². The molecule has 0 aliphatic heterocycles. The molecule has 7 nitrogen and oxygen atoms in total. The van der Waals surface area contributed by atoms with E-state index in [9.17, 15) is 9.59 Å². The van der Waals surface area contributed by atoms with Gasteiger partial charge in [-0.15, -0.1) is 0 Å². The molecule has 1 aliphatic carbocycles. The molecule has 0 bridgehead atoms. The van der Waals surface area contributed by atoms with E-state index in [-0.39, 0.29) is 25.6 Å². The first-order valence-corrected chi connectivity index (χ1v) is 13.4. The number of urea groups is 1. The normalized spacial score (nSPS) is 12.1. The molecule has 200 valence electrons. The average molecular weight is 531 g/mol. The number of rotatable bonds is 9. The van der Waals surface area contributed by atoms with Crippen LogP contribution in [-0.2, 0) is 22.6 Å². The molecule has 0 fully saturated rings. The molecule has 0 unspecified atom stereocenters. The summed E-state index contributed by atoms with van der Waals surface area (Å²) in [7, 11) is 0. The van der Waals surface area contributed by atoms with E-state index in [0.717, 1.165) is 33.2 Å². The number of hydrogen-bond donors (Lipinski definition) is 3. The van der Waals surface area contributed by atoms with Crippen molar-refractivity contribution < 1.29 is 14.3 Å². The van der Waals surface area contributed by atoms with Crippen molar-refractivity contribution in [3.8, 4) is 11.1 Å². The van der Waals surface area contributed by atoms with Gasteiger partial charge in [0.1, 0.15) is 13.2 Å². The Morgan fingerprint density at radius 3 is 2.20 bits per heavy atom. The first-order valence-electron chi connectivity index (χ1n) is 13.4. The summed E-state index contributed by atoms with van der Waals surface area (Å²) >= 11 is 0. The van der Waals surface area contributed by atoms with Crippen LogP contribution in [0.25, 0.3) is 22.0 Å². The highest BCUT2D eigenvalue weighted by Gasteiger charge is 2.29. The van der Waals surface area contributed by atoms with Crippen LogP contribution in [0.4, 0.5) is 4.79 Å². The maximum absolute atomic E-state index is 13.2. The molecule has 0 atom stereocenters. The zero-order valence-electron chi connectivity index (χ0n) is 22.0. The number of fused-ring (bicyclic) bond motifs is 4. The lowest BCUT2D eigenvalue weighted by atomic mass is 9.98. The van der Waals surface area contributed by atoms with Gasteiger partial charge in [0.05, 0.1) is 0 Å². The summed E-state index contributed by atoms with van der Waals surface area (Å²) in [5, 5.41) is 1.09. The van der Waals surface area contributed by atoms with Gasteiger partial charge >= 0.3 is 12.0 Å². The number of nitrogens with zero attached hydrogens (tertiary/aromatic N) is 1. The Morgan fingerprint density at radius 1 is 0.800 bits per heavy atom. The topological polar surface area (TPSA) is 86.5 Å². The van der Waals surface area contributed by atoms with Crippen molar-refractivity contribution >= 4 is 22.9 Å².